The van der Waals surface area contributed by atoms with Gasteiger partial charge in [-0.2, -0.15) is 0 Å². The second-order valence-electron chi connectivity index (χ2n) is 4.28. The van der Waals surface area contributed by atoms with Gasteiger partial charge in [0.05, 0.1) is 25.9 Å². The van der Waals surface area contributed by atoms with Crippen molar-refractivity contribution in [1.82, 2.24) is 0 Å². The van der Waals surface area contributed by atoms with Crippen molar-refractivity contribution in [3.63, 3.8) is 0 Å². The molecule has 1 fully saturated rings. The number of ether oxygens (including phenoxy) is 2. The molecule has 2 rings (SSSR count). The lowest BCUT2D eigenvalue weighted by Crippen LogP contribution is -2.44. The van der Waals surface area contributed by atoms with Gasteiger partial charge >= 0.3 is 0 Å². The summed E-state index contributed by atoms with van der Waals surface area (Å²) < 4.78 is 11.0. The molecule has 0 aliphatic carbocycles. The average molecular weight is 221 g/mol. The summed E-state index contributed by atoms with van der Waals surface area (Å²) in [6.45, 7) is 4.08. The fourth-order valence-corrected chi connectivity index (χ4v) is 1.98. The number of rotatable bonds is 3. The van der Waals surface area contributed by atoms with Crippen molar-refractivity contribution < 1.29 is 9.47 Å². The van der Waals surface area contributed by atoms with E-state index in [0.29, 0.717) is 19.8 Å². The van der Waals surface area contributed by atoms with Crippen molar-refractivity contribution in [2.45, 2.75) is 25.5 Å². The SMILES string of the molecule is Cc1ccccc1CC(N)C1COCCO1. The Balaban J connectivity index is 1.96. The molecule has 88 valence electrons. The molecule has 0 amide bonds. The molecule has 2 unspecified atom stereocenters. The number of hydrogen-bond acceptors (Lipinski definition) is 3. The smallest absolute Gasteiger partial charge is 0.0963 e. The lowest BCUT2D eigenvalue weighted by molar-refractivity contribution is -0.0967. The van der Waals surface area contributed by atoms with Gasteiger partial charge in [-0.3, -0.25) is 0 Å². The molecular formula is C13H19NO2. The fraction of sp³-hybridized carbons (Fsp3) is 0.538. The molecule has 1 heterocycles. The molecule has 0 aromatic heterocycles. The van der Waals surface area contributed by atoms with Crippen LogP contribution in [-0.2, 0) is 15.9 Å². The normalized spacial score (nSPS) is 23.0. The summed E-state index contributed by atoms with van der Waals surface area (Å²) in [6, 6.07) is 8.35. The van der Waals surface area contributed by atoms with Crippen LogP contribution >= 0.6 is 0 Å². The Hall–Kier alpha value is -0.900. The highest BCUT2D eigenvalue weighted by Gasteiger charge is 2.22. The first-order valence-electron chi connectivity index (χ1n) is 5.77. The van der Waals surface area contributed by atoms with Crippen molar-refractivity contribution >= 4 is 0 Å². The summed E-state index contributed by atoms with van der Waals surface area (Å²) in [4.78, 5) is 0. The summed E-state index contributed by atoms with van der Waals surface area (Å²) in [6.07, 6.45) is 0.883. The maximum Gasteiger partial charge on any atom is 0.0963 e. The summed E-state index contributed by atoms with van der Waals surface area (Å²) in [5.74, 6) is 0. The van der Waals surface area contributed by atoms with Crippen LogP contribution in [0.3, 0.4) is 0 Å². The number of benzene rings is 1. The third-order valence-corrected chi connectivity index (χ3v) is 3.04. The minimum absolute atomic E-state index is 0.0152. The van der Waals surface area contributed by atoms with Gasteiger partial charge in [-0.15, -0.1) is 0 Å². The predicted molar refractivity (Wildman–Crippen MR) is 63.4 cm³/mol. The van der Waals surface area contributed by atoms with Gasteiger partial charge < -0.3 is 15.2 Å². The van der Waals surface area contributed by atoms with Crippen LogP contribution in [0.25, 0.3) is 0 Å². The molecule has 1 aromatic carbocycles. The summed E-state index contributed by atoms with van der Waals surface area (Å²) in [5, 5.41) is 0. The largest absolute Gasteiger partial charge is 0.376 e. The van der Waals surface area contributed by atoms with Crippen molar-refractivity contribution in [3.8, 4) is 0 Å². The fourth-order valence-electron chi connectivity index (χ4n) is 1.98. The highest BCUT2D eigenvalue weighted by atomic mass is 16.6. The molecule has 2 N–H and O–H groups in total. The zero-order valence-electron chi connectivity index (χ0n) is 9.69. The Kier molecular flexibility index (Phi) is 3.93. The number of hydrogen-bond donors (Lipinski definition) is 1. The van der Waals surface area contributed by atoms with E-state index in [1.54, 1.807) is 0 Å². The molecule has 2 atom stereocenters. The highest BCUT2D eigenvalue weighted by molar-refractivity contribution is 5.26. The Labute approximate surface area is 96.5 Å². The summed E-state index contributed by atoms with van der Waals surface area (Å²) in [7, 11) is 0. The van der Waals surface area contributed by atoms with Crippen LogP contribution in [-0.4, -0.2) is 32.0 Å². The Morgan fingerprint density at radius 2 is 2.19 bits per heavy atom. The predicted octanol–water partition coefficient (Wildman–Crippen LogP) is 1.28. The standard InChI is InChI=1S/C13H19NO2/c1-10-4-2-3-5-11(10)8-12(14)13-9-15-6-7-16-13/h2-5,12-13H,6-9,14H2,1H3. The van der Waals surface area contributed by atoms with Gasteiger partial charge in [0, 0.05) is 6.04 Å². The molecule has 3 nitrogen and oxygen atoms in total. The van der Waals surface area contributed by atoms with Gasteiger partial charge in [0.15, 0.2) is 0 Å². The van der Waals surface area contributed by atoms with Crippen molar-refractivity contribution in [2.24, 2.45) is 5.73 Å². The first kappa shape index (κ1) is 11.6. The topological polar surface area (TPSA) is 44.5 Å². The third-order valence-electron chi connectivity index (χ3n) is 3.04. The molecule has 0 radical (unpaired) electrons. The molecule has 3 heteroatoms. The van der Waals surface area contributed by atoms with E-state index in [-0.39, 0.29) is 12.1 Å². The zero-order chi connectivity index (χ0) is 11.4. The van der Waals surface area contributed by atoms with Crippen LogP contribution in [0, 0.1) is 6.92 Å². The van der Waals surface area contributed by atoms with E-state index in [1.807, 2.05) is 12.1 Å². The molecule has 1 aromatic rings. The van der Waals surface area contributed by atoms with Gasteiger partial charge in [0.25, 0.3) is 0 Å². The molecule has 1 aliphatic heterocycles. The molecule has 0 spiro atoms. The molecule has 0 saturated carbocycles. The first-order chi connectivity index (χ1) is 7.77. The monoisotopic (exact) mass is 221 g/mol. The van der Waals surface area contributed by atoms with Crippen LogP contribution in [0.1, 0.15) is 11.1 Å². The van der Waals surface area contributed by atoms with E-state index in [0.717, 1.165) is 6.42 Å². The van der Waals surface area contributed by atoms with Crippen molar-refractivity contribution in [3.05, 3.63) is 35.4 Å². The Morgan fingerprint density at radius 3 is 2.88 bits per heavy atom. The first-order valence-corrected chi connectivity index (χ1v) is 5.77. The Bertz CT molecular complexity index is 334. The molecule has 1 saturated heterocycles. The van der Waals surface area contributed by atoms with Gasteiger partial charge in [-0.25, -0.2) is 0 Å². The van der Waals surface area contributed by atoms with Crippen molar-refractivity contribution in [2.75, 3.05) is 19.8 Å². The molecular weight excluding hydrogens is 202 g/mol. The average Bonchev–Trinajstić information content (AvgIpc) is 2.33. The number of nitrogens with two attached hydrogens (primary N) is 1. The van der Waals surface area contributed by atoms with Crippen LogP contribution in [0.5, 0.6) is 0 Å². The second-order valence-corrected chi connectivity index (χ2v) is 4.28. The maximum atomic E-state index is 6.14. The second kappa shape index (κ2) is 5.43. The lowest BCUT2D eigenvalue weighted by atomic mass is 9.98. The van der Waals surface area contributed by atoms with E-state index in [1.165, 1.54) is 11.1 Å². The molecule has 0 bridgehead atoms. The van der Waals surface area contributed by atoms with Crippen molar-refractivity contribution in [1.29, 1.82) is 0 Å². The van der Waals surface area contributed by atoms with Gasteiger partial charge in [-0.05, 0) is 24.5 Å². The third kappa shape index (κ3) is 2.82. The van der Waals surface area contributed by atoms with Gasteiger partial charge in [0.1, 0.15) is 0 Å². The summed E-state index contributed by atoms with van der Waals surface area (Å²) in [5.41, 5.74) is 8.73. The van der Waals surface area contributed by atoms with E-state index in [2.05, 4.69) is 19.1 Å². The van der Waals surface area contributed by atoms with Gasteiger partial charge in [-0.1, -0.05) is 24.3 Å². The van der Waals surface area contributed by atoms with Crippen LogP contribution in [0.15, 0.2) is 24.3 Å². The van der Waals surface area contributed by atoms with Crippen LogP contribution < -0.4 is 5.73 Å². The van der Waals surface area contributed by atoms with Gasteiger partial charge in [0.2, 0.25) is 0 Å². The summed E-state index contributed by atoms with van der Waals surface area (Å²) >= 11 is 0. The van der Waals surface area contributed by atoms with Crippen LogP contribution in [0.4, 0.5) is 0 Å². The van der Waals surface area contributed by atoms with E-state index >= 15 is 0 Å². The minimum Gasteiger partial charge on any atom is -0.376 e. The van der Waals surface area contributed by atoms with E-state index in [4.69, 9.17) is 15.2 Å². The molecule has 16 heavy (non-hydrogen) atoms. The van der Waals surface area contributed by atoms with E-state index < -0.39 is 0 Å². The quantitative estimate of drug-likeness (QED) is 0.836. The van der Waals surface area contributed by atoms with E-state index in [9.17, 15) is 0 Å². The maximum absolute atomic E-state index is 6.14. The van der Waals surface area contributed by atoms with Crippen LogP contribution in [0.2, 0.25) is 0 Å². The number of aryl methyl sites for hydroxylation is 1. The minimum atomic E-state index is 0.0152. The lowest BCUT2D eigenvalue weighted by Gasteiger charge is -2.28. The zero-order valence-corrected chi connectivity index (χ0v) is 9.69. The Morgan fingerprint density at radius 1 is 1.38 bits per heavy atom. The highest BCUT2D eigenvalue weighted by Crippen LogP contribution is 2.13. The molecule has 1 aliphatic rings.